The van der Waals surface area contributed by atoms with Crippen LogP contribution in [0, 0.1) is 0 Å². The van der Waals surface area contributed by atoms with Gasteiger partial charge in [0.2, 0.25) is 0 Å². The molecule has 3 heterocycles. The van der Waals surface area contributed by atoms with E-state index in [2.05, 4.69) is 10.6 Å². The number of urea groups is 2. The Hall–Kier alpha value is -4.08. The van der Waals surface area contributed by atoms with Crippen molar-refractivity contribution in [1.29, 1.82) is 0 Å². The number of carbonyl (C=O) groups is 4. The summed E-state index contributed by atoms with van der Waals surface area (Å²) in [5.41, 5.74) is 0.730. The number of hydrogen-bond acceptors (Lipinski definition) is 6. The summed E-state index contributed by atoms with van der Waals surface area (Å²) in [6, 6.07) is 9.23. The number of imide groups is 1. The van der Waals surface area contributed by atoms with E-state index in [0.717, 1.165) is 4.90 Å². The van der Waals surface area contributed by atoms with E-state index in [-0.39, 0.29) is 24.4 Å². The normalized spacial score (nSPS) is 21.0. The molecule has 1 saturated heterocycles. The van der Waals surface area contributed by atoms with Gasteiger partial charge in [-0.15, -0.1) is 0 Å². The Labute approximate surface area is 183 Å². The summed E-state index contributed by atoms with van der Waals surface area (Å²) in [7, 11) is 0. The number of para-hydroxylation sites is 1. The SMILES string of the molecule is CCOC(=O)C1=C(CN2C(=O)[C@H](C)N(c3ccccc3)C2=O)NC(=O)N[C@@H]1c1ccco1. The van der Waals surface area contributed by atoms with E-state index in [1.807, 2.05) is 6.07 Å². The number of esters is 1. The lowest BCUT2D eigenvalue weighted by atomic mass is 10.00. The van der Waals surface area contributed by atoms with Gasteiger partial charge in [0.05, 0.1) is 30.7 Å². The molecular formula is C22H22N4O6. The number of rotatable bonds is 6. The van der Waals surface area contributed by atoms with Gasteiger partial charge < -0.3 is 19.8 Å². The molecule has 32 heavy (non-hydrogen) atoms. The highest BCUT2D eigenvalue weighted by atomic mass is 16.5. The van der Waals surface area contributed by atoms with Crippen LogP contribution in [-0.4, -0.2) is 48.0 Å². The average Bonchev–Trinajstić information content (AvgIpc) is 3.38. The molecular weight excluding hydrogens is 416 g/mol. The number of carbonyl (C=O) groups excluding carboxylic acids is 4. The molecule has 2 aliphatic heterocycles. The first-order valence-corrected chi connectivity index (χ1v) is 10.1. The zero-order valence-corrected chi connectivity index (χ0v) is 17.5. The Bertz CT molecular complexity index is 1080. The molecule has 10 heteroatoms. The third kappa shape index (κ3) is 3.70. The molecule has 0 radical (unpaired) electrons. The minimum atomic E-state index is -0.928. The molecule has 5 amide bonds. The minimum absolute atomic E-state index is 0.0628. The van der Waals surface area contributed by atoms with Gasteiger partial charge in [0.25, 0.3) is 5.91 Å². The van der Waals surface area contributed by atoms with Crippen LogP contribution in [-0.2, 0) is 14.3 Å². The molecule has 1 aromatic carbocycles. The number of ether oxygens (including phenoxy) is 1. The van der Waals surface area contributed by atoms with E-state index in [9.17, 15) is 19.2 Å². The van der Waals surface area contributed by atoms with Gasteiger partial charge in [-0.2, -0.15) is 0 Å². The maximum atomic E-state index is 13.1. The fourth-order valence-corrected chi connectivity index (χ4v) is 3.81. The molecule has 166 valence electrons. The third-order valence-corrected chi connectivity index (χ3v) is 5.27. The second-order valence-corrected chi connectivity index (χ2v) is 7.25. The molecule has 0 aliphatic carbocycles. The van der Waals surface area contributed by atoms with Gasteiger partial charge in [-0.1, -0.05) is 18.2 Å². The van der Waals surface area contributed by atoms with Gasteiger partial charge in [0.1, 0.15) is 17.8 Å². The summed E-state index contributed by atoms with van der Waals surface area (Å²) >= 11 is 0. The second-order valence-electron chi connectivity index (χ2n) is 7.25. The number of hydrogen-bond donors (Lipinski definition) is 2. The zero-order valence-electron chi connectivity index (χ0n) is 17.5. The van der Waals surface area contributed by atoms with Gasteiger partial charge in [-0.3, -0.25) is 14.6 Å². The van der Waals surface area contributed by atoms with E-state index in [0.29, 0.717) is 11.4 Å². The van der Waals surface area contributed by atoms with E-state index >= 15 is 0 Å². The molecule has 1 aromatic heterocycles. The molecule has 0 bridgehead atoms. The lowest BCUT2D eigenvalue weighted by Gasteiger charge is -2.29. The summed E-state index contributed by atoms with van der Waals surface area (Å²) in [5, 5.41) is 5.19. The van der Waals surface area contributed by atoms with E-state index in [1.54, 1.807) is 50.2 Å². The topological polar surface area (TPSA) is 121 Å². The molecule has 4 rings (SSSR count). The Kier molecular flexibility index (Phi) is 5.67. The minimum Gasteiger partial charge on any atom is -0.467 e. The predicted molar refractivity (Wildman–Crippen MR) is 112 cm³/mol. The monoisotopic (exact) mass is 438 g/mol. The van der Waals surface area contributed by atoms with Crippen LogP contribution in [0.4, 0.5) is 15.3 Å². The fraction of sp³-hybridized carbons (Fsp3) is 0.273. The van der Waals surface area contributed by atoms with Gasteiger partial charge in [-0.25, -0.2) is 14.4 Å². The summed E-state index contributed by atoms with van der Waals surface area (Å²) in [6.45, 7) is 3.08. The average molecular weight is 438 g/mol. The van der Waals surface area contributed by atoms with Gasteiger partial charge in [-0.05, 0) is 38.1 Å². The molecule has 0 spiro atoms. The van der Waals surface area contributed by atoms with Crippen LogP contribution in [0.2, 0.25) is 0 Å². The number of furan rings is 1. The summed E-state index contributed by atoms with van der Waals surface area (Å²) < 4.78 is 10.6. The Morgan fingerprint density at radius 3 is 2.53 bits per heavy atom. The first-order chi connectivity index (χ1) is 15.4. The number of nitrogens with one attached hydrogen (secondary N) is 2. The van der Waals surface area contributed by atoms with Crippen LogP contribution >= 0.6 is 0 Å². The van der Waals surface area contributed by atoms with Crippen LogP contribution in [0.15, 0.2) is 64.4 Å². The highest BCUT2D eigenvalue weighted by molar-refractivity contribution is 6.14. The van der Waals surface area contributed by atoms with Crippen LogP contribution < -0.4 is 15.5 Å². The molecule has 2 atom stereocenters. The lowest BCUT2D eigenvalue weighted by Crippen LogP contribution is -2.49. The fourth-order valence-electron chi connectivity index (χ4n) is 3.81. The van der Waals surface area contributed by atoms with Crippen molar-refractivity contribution < 1.29 is 28.3 Å². The third-order valence-electron chi connectivity index (χ3n) is 5.27. The van der Waals surface area contributed by atoms with E-state index in [4.69, 9.17) is 9.15 Å². The predicted octanol–water partition coefficient (Wildman–Crippen LogP) is 2.31. The van der Waals surface area contributed by atoms with Crippen LogP contribution in [0.5, 0.6) is 0 Å². The molecule has 0 saturated carbocycles. The maximum absolute atomic E-state index is 13.1. The Balaban J connectivity index is 1.72. The van der Waals surface area contributed by atoms with Crippen molar-refractivity contribution in [2.75, 3.05) is 18.1 Å². The number of benzene rings is 1. The maximum Gasteiger partial charge on any atom is 0.338 e. The molecule has 0 unspecified atom stereocenters. The van der Waals surface area contributed by atoms with Crippen LogP contribution in [0.3, 0.4) is 0 Å². The highest BCUT2D eigenvalue weighted by Crippen LogP contribution is 2.31. The van der Waals surface area contributed by atoms with Crippen molar-refractivity contribution in [3.8, 4) is 0 Å². The number of nitrogens with zero attached hydrogens (tertiary/aromatic N) is 2. The number of amides is 5. The Morgan fingerprint density at radius 1 is 1.12 bits per heavy atom. The van der Waals surface area contributed by atoms with E-state index in [1.165, 1.54) is 11.2 Å². The lowest BCUT2D eigenvalue weighted by molar-refractivity contribution is -0.139. The molecule has 2 aliphatic rings. The molecule has 2 N–H and O–H groups in total. The zero-order chi connectivity index (χ0) is 22.8. The van der Waals surface area contributed by atoms with Crippen molar-refractivity contribution in [1.82, 2.24) is 15.5 Å². The number of anilines is 1. The van der Waals surface area contributed by atoms with Gasteiger partial charge >= 0.3 is 18.0 Å². The molecule has 1 fully saturated rings. The van der Waals surface area contributed by atoms with E-state index < -0.39 is 36.0 Å². The smallest absolute Gasteiger partial charge is 0.338 e. The quantitative estimate of drug-likeness (QED) is 0.527. The standard InChI is InChI=1S/C22H22N4O6/c1-3-31-20(28)17-15(23-21(29)24-18(17)16-10-7-11-32-16)12-25-19(27)13(2)26(22(25)30)14-8-5-4-6-9-14/h4-11,13,18H,3,12H2,1-2H3,(H2,23,24,29)/t13-,18+/m0/s1. The van der Waals surface area contributed by atoms with Crippen molar-refractivity contribution in [2.45, 2.75) is 25.9 Å². The van der Waals surface area contributed by atoms with Gasteiger partial charge in [0.15, 0.2) is 0 Å². The summed E-state index contributed by atoms with van der Waals surface area (Å²) in [5.74, 6) is -0.820. The molecule has 10 nitrogen and oxygen atoms in total. The highest BCUT2D eigenvalue weighted by Gasteiger charge is 2.45. The Morgan fingerprint density at radius 2 is 1.88 bits per heavy atom. The first-order valence-electron chi connectivity index (χ1n) is 10.1. The largest absolute Gasteiger partial charge is 0.467 e. The van der Waals surface area contributed by atoms with Crippen molar-refractivity contribution in [3.63, 3.8) is 0 Å². The van der Waals surface area contributed by atoms with Crippen LogP contribution in [0.25, 0.3) is 0 Å². The van der Waals surface area contributed by atoms with Crippen molar-refractivity contribution >= 4 is 29.6 Å². The van der Waals surface area contributed by atoms with Crippen LogP contribution in [0.1, 0.15) is 25.6 Å². The second kappa shape index (κ2) is 8.58. The van der Waals surface area contributed by atoms with Gasteiger partial charge in [0, 0.05) is 5.69 Å². The van der Waals surface area contributed by atoms with Crippen molar-refractivity contribution in [2.24, 2.45) is 0 Å². The molecule has 2 aromatic rings. The summed E-state index contributed by atoms with van der Waals surface area (Å²) in [6.07, 6.45) is 1.42. The first kappa shape index (κ1) is 21.2. The summed E-state index contributed by atoms with van der Waals surface area (Å²) in [4.78, 5) is 53.6. The van der Waals surface area contributed by atoms with Crippen molar-refractivity contribution in [3.05, 3.63) is 65.8 Å².